The Hall–Kier alpha value is -1.78. The Labute approximate surface area is 121 Å². The standard InChI is InChI=1S/C15H26N4O/c1-5-9-16-13-7-6-8-14(18-13)19(4)11-15(20)17-10-12(2)3/h6-8,12H,5,9-11H2,1-4H3,(H,16,18)(H,17,20). The minimum absolute atomic E-state index is 0.0231. The van der Waals surface area contributed by atoms with Crippen molar-refractivity contribution >= 4 is 17.5 Å². The highest BCUT2D eigenvalue weighted by atomic mass is 16.2. The summed E-state index contributed by atoms with van der Waals surface area (Å²) in [5.41, 5.74) is 0. The Balaban J connectivity index is 2.53. The summed E-state index contributed by atoms with van der Waals surface area (Å²) in [7, 11) is 1.88. The highest BCUT2D eigenvalue weighted by Crippen LogP contribution is 2.12. The van der Waals surface area contributed by atoms with Crippen molar-refractivity contribution in [2.24, 2.45) is 5.92 Å². The van der Waals surface area contributed by atoms with E-state index in [0.29, 0.717) is 19.0 Å². The fourth-order valence-corrected chi connectivity index (χ4v) is 1.66. The van der Waals surface area contributed by atoms with Gasteiger partial charge in [0.25, 0.3) is 0 Å². The quantitative estimate of drug-likeness (QED) is 0.764. The maximum atomic E-state index is 11.8. The lowest BCUT2D eigenvalue weighted by Crippen LogP contribution is -2.37. The van der Waals surface area contributed by atoms with E-state index in [2.05, 4.69) is 36.4 Å². The number of aromatic nitrogens is 1. The largest absolute Gasteiger partial charge is 0.370 e. The van der Waals surface area contributed by atoms with E-state index in [1.807, 2.05) is 30.1 Å². The Morgan fingerprint density at radius 2 is 2.15 bits per heavy atom. The van der Waals surface area contributed by atoms with E-state index < -0.39 is 0 Å². The number of hydrogen-bond acceptors (Lipinski definition) is 4. The van der Waals surface area contributed by atoms with Crippen LogP contribution < -0.4 is 15.5 Å². The van der Waals surface area contributed by atoms with E-state index >= 15 is 0 Å². The van der Waals surface area contributed by atoms with Crippen LogP contribution in [0.5, 0.6) is 0 Å². The zero-order chi connectivity index (χ0) is 15.0. The summed E-state index contributed by atoms with van der Waals surface area (Å²) >= 11 is 0. The lowest BCUT2D eigenvalue weighted by molar-refractivity contribution is -0.119. The molecule has 1 aromatic rings. The predicted octanol–water partition coefficient (Wildman–Crippen LogP) is 2.11. The average molecular weight is 278 g/mol. The van der Waals surface area contributed by atoms with Crippen molar-refractivity contribution in [1.82, 2.24) is 10.3 Å². The predicted molar refractivity (Wildman–Crippen MR) is 84.1 cm³/mol. The van der Waals surface area contributed by atoms with Gasteiger partial charge in [-0.25, -0.2) is 4.98 Å². The summed E-state index contributed by atoms with van der Waals surface area (Å²) < 4.78 is 0. The van der Waals surface area contributed by atoms with E-state index in [-0.39, 0.29) is 5.91 Å². The van der Waals surface area contributed by atoms with Crippen LogP contribution >= 0.6 is 0 Å². The van der Waals surface area contributed by atoms with Crippen LogP contribution in [-0.4, -0.2) is 37.6 Å². The maximum absolute atomic E-state index is 11.8. The molecule has 1 rings (SSSR count). The third-order valence-electron chi connectivity index (χ3n) is 2.77. The van der Waals surface area contributed by atoms with E-state index in [1.54, 1.807) is 0 Å². The molecule has 1 heterocycles. The number of anilines is 2. The van der Waals surface area contributed by atoms with Crippen molar-refractivity contribution in [2.45, 2.75) is 27.2 Å². The Morgan fingerprint density at radius 1 is 1.40 bits per heavy atom. The van der Waals surface area contributed by atoms with E-state index in [1.165, 1.54) is 0 Å². The monoisotopic (exact) mass is 278 g/mol. The summed E-state index contributed by atoms with van der Waals surface area (Å²) in [6.45, 7) is 8.19. The number of rotatable bonds is 8. The first-order valence-electron chi connectivity index (χ1n) is 7.21. The highest BCUT2D eigenvalue weighted by molar-refractivity contribution is 5.80. The molecule has 0 atom stereocenters. The van der Waals surface area contributed by atoms with Crippen molar-refractivity contribution in [3.05, 3.63) is 18.2 Å². The van der Waals surface area contributed by atoms with E-state index in [4.69, 9.17) is 0 Å². The minimum atomic E-state index is 0.0231. The molecular weight excluding hydrogens is 252 g/mol. The molecule has 0 bridgehead atoms. The van der Waals surface area contributed by atoms with Crippen LogP contribution in [0.1, 0.15) is 27.2 Å². The summed E-state index contributed by atoms with van der Waals surface area (Å²) in [5.74, 6) is 2.13. The van der Waals surface area contributed by atoms with Gasteiger partial charge in [0.05, 0.1) is 6.54 Å². The third kappa shape index (κ3) is 5.91. The molecule has 0 saturated heterocycles. The summed E-state index contributed by atoms with van der Waals surface area (Å²) in [6.07, 6.45) is 1.05. The molecule has 0 aromatic carbocycles. The van der Waals surface area contributed by atoms with Crippen molar-refractivity contribution in [3.8, 4) is 0 Å². The molecule has 0 unspecified atom stereocenters. The van der Waals surface area contributed by atoms with E-state index in [0.717, 1.165) is 24.6 Å². The van der Waals surface area contributed by atoms with Crippen LogP contribution in [0.15, 0.2) is 18.2 Å². The number of carbonyl (C=O) groups is 1. The number of hydrogen-bond donors (Lipinski definition) is 2. The summed E-state index contributed by atoms with van der Waals surface area (Å²) in [5, 5.41) is 6.15. The van der Waals surface area contributed by atoms with Gasteiger partial charge in [-0.15, -0.1) is 0 Å². The molecule has 0 radical (unpaired) electrons. The van der Waals surface area contributed by atoms with Crippen LogP contribution in [0.4, 0.5) is 11.6 Å². The van der Waals surface area contributed by atoms with Gasteiger partial charge < -0.3 is 15.5 Å². The second-order valence-electron chi connectivity index (χ2n) is 5.36. The highest BCUT2D eigenvalue weighted by Gasteiger charge is 2.09. The van der Waals surface area contributed by atoms with E-state index in [9.17, 15) is 4.79 Å². The zero-order valence-electron chi connectivity index (χ0n) is 12.9. The number of nitrogens with one attached hydrogen (secondary N) is 2. The lowest BCUT2D eigenvalue weighted by Gasteiger charge is -2.19. The molecule has 0 fully saturated rings. The van der Waals surface area contributed by atoms with Gasteiger partial charge in [0.15, 0.2) is 0 Å². The van der Waals surface area contributed by atoms with Crippen LogP contribution in [0, 0.1) is 5.92 Å². The molecule has 1 amide bonds. The Kier molecular flexibility index (Phi) is 6.84. The molecule has 0 aliphatic heterocycles. The SMILES string of the molecule is CCCNc1cccc(N(C)CC(=O)NCC(C)C)n1. The first kappa shape index (κ1) is 16.3. The molecule has 0 spiro atoms. The molecule has 0 aliphatic carbocycles. The molecular formula is C15H26N4O. The lowest BCUT2D eigenvalue weighted by atomic mass is 10.2. The normalized spacial score (nSPS) is 10.4. The zero-order valence-corrected chi connectivity index (χ0v) is 12.9. The van der Waals surface area contributed by atoms with Crippen molar-refractivity contribution < 1.29 is 4.79 Å². The topological polar surface area (TPSA) is 57.3 Å². The minimum Gasteiger partial charge on any atom is -0.370 e. The average Bonchev–Trinajstić information content (AvgIpc) is 2.43. The Morgan fingerprint density at radius 3 is 2.80 bits per heavy atom. The van der Waals surface area contributed by atoms with Gasteiger partial charge in [0.2, 0.25) is 5.91 Å². The number of nitrogens with zero attached hydrogens (tertiary/aromatic N) is 2. The fraction of sp³-hybridized carbons (Fsp3) is 0.600. The molecule has 112 valence electrons. The van der Waals surface area contributed by atoms with Crippen molar-refractivity contribution in [3.63, 3.8) is 0 Å². The second-order valence-corrected chi connectivity index (χ2v) is 5.36. The molecule has 5 nitrogen and oxygen atoms in total. The maximum Gasteiger partial charge on any atom is 0.239 e. The number of pyridine rings is 1. The molecule has 5 heteroatoms. The van der Waals surface area contributed by atoms with Gasteiger partial charge in [-0.3, -0.25) is 4.79 Å². The van der Waals surface area contributed by atoms with Crippen LogP contribution in [0.25, 0.3) is 0 Å². The third-order valence-corrected chi connectivity index (χ3v) is 2.77. The van der Waals surface area contributed by atoms with Crippen molar-refractivity contribution in [1.29, 1.82) is 0 Å². The molecule has 0 aliphatic rings. The van der Waals surface area contributed by atoms with Crippen LogP contribution in [0.3, 0.4) is 0 Å². The molecule has 20 heavy (non-hydrogen) atoms. The number of carbonyl (C=O) groups excluding carboxylic acids is 1. The van der Waals surface area contributed by atoms with Gasteiger partial charge in [-0.05, 0) is 24.5 Å². The first-order valence-corrected chi connectivity index (χ1v) is 7.21. The van der Waals surface area contributed by atoms with Gasteiger partial charge in [0, 0.05) is 20.1 Å². The fourth-order valence-electron chi connectivity index (χ4n) is 1.66. The van der Waals surface area contributed by atoms with Crippen LogP contribution in [0.2, 0.25) is 0 Å². The summed E-state index contributed by atoms with van der Waals surface area (Å²) in [6, 6.07) is 5.79. The molecule has 1 aromatic heterocycles. The number of likely N-dealkylation sites (N-methyl/N-ethyl adjacent to an activating group) is 1. The molecule has 0 saturated carbocycles. The second kappa shape index (κ2) is 8.40. The molecule has 2 N–H and O–H groups in total. The van der Waals surface area contributed by atoms with Gasteiger partial charge in [-0.2, -0.15) is 0 Å². The first-order chi connectivity index (χ1) is 9.52. The van der Waals surface area contributed by atoms with Gasteiger partial charge in [-0.1, -0.05) is 26.8 Å². The van der Waals surface area contributed by atoms with Crippen LogP contribution in [-0.2, 0) is 4.79 Å². The smallest absolute Gasteiger partial charge is 0.239 e. The van der Waals surface area contributed by atoms with Gasteiger partial charge in [0.1, 0.15) is 11.6 Å². The Bertz CT molecular complexity index is 420. The number of amides is 1. The van der Waals surface area contributed by atoms with Gasteiger partial charge >= 0.3 is 0 Å². The van der Waals surface area contributed by atoms with Crippen molar-refractivity contribution in [2.75, 3.05) is 36.9 Å². The summed E-state index contributed by atoms with van der Waals surface area (Å²) in [4.78, 5) is 18.1.